The van der Waals surface area contributed by atoms with Gasteiger partial charge in [0.1, 0.15) is 0 Å². The van der Waals surface area contributed by atoms with E-state index in [1.54, 1.807) is 0 Å². The normalized spacial score (nSPS) is 16.6. The Morgan fingerprint density at radius 3 is 2.29 bits per heavy atom. The zero-order valence-electron chi connectivity index (χ0n) is 9.07. The first kappa shape index (κ1) is 13.9. The zero-order valence-corrected chi connectivity index (χ0v) is 9.89. The standard InChI is InChI=1S/C9H22N2O2S/c1-3-4-5-9(14(11,12)13)6-8(2)7-10/h8-9H,3-7,10H2,1-2H3,(H2,11,12,13). The Balaban J connectivity index is 4.26. The second-order valence-electron chi connectivity index (χ2n) is 3.93. The van der Waals surface area contributed by atoms with E-state index in [2.05, 4.69) is 0 Å². The number of hydrogen-bond acceptors (Lipinski definition) is 3. The summed E-state index contributed by atoms with van der Waals surface area (Å²) in [4.78, 5) is 0. The number of hydrogen-bond donors (Lipinski definition) is 2. The summed E-state index contributed by atoms with van der Waals surface area (Å²) >= 11 is 0. The molecular weight excluding hydrogens is 200 g/mol. The molecule has 0 fully saturated rings. The number of primary sulfonamides is 1. The first-order chi connectivity index (χ1) is 6.41. The molecular formula is C9H22N2O2S. The van der Waals surface area contributed by atoms with Crippen molar-refractivity contribution in [3.8, 4) is 0 Å². The molecule has 0 aliphatic heterocycles. The van der Waals surface area contributed by atoms with Gasteiger partial charge in [0.15, 0.2) is 0 Å². The molecule has 0 saturated carbocycles. The van der Waals surface area contributed by atoms with Crippen molar-refractivity contribution in [2.45, 2.75) is 44.8 Å². The van der Waals surface area contributed by atoms with Crippen LogP contribution >= 0.6 is 0 Å². The van der Waals surface area contributed by atoms with Crippen LogP contribution in [0.1, 0.15) is 39.5 Å². The Hall–Kier alpha value is -0.130. The smallest absolute Gasteiger partial charge is 0.211 e. The van der Waals surface area contributed by atoms with Crippen LogP contribution in [0.15, 0.2) is 0 Å². The van der Waals surface area contributed by atoms with Gasteiger partial charge in [-0.2, -0.15) is 0 Å². The van der Waals surface area contributed by atoms with E-state index >= 15 is 0 Å². The third kappa shape index (κ3) is 5.57. The molecule has 0 heterocycles. The second-order valence-corrected chi connectivity index (χ2v) is 5.77. The minimum atomic E-state index is -3.40. The van der Waals surface area contributed by atoms with Gasteiger partial charge in [-0.25, -0.2) is 13.6 Å². The number of unbranched alkanes of at least 4 members (excludes halogenated alkanes) is 1. The van der Waals surface area contributed by atoms with Crippen LogP contribution in [0.3, 0.4) is 0 Å². The molecule has 0 bridgehead atoms. The molecule has 0 spiro atoms. The van der Waals surface area contributed by atoms with Crippen LogP contribution in [0.5, 0.6) is 0 Å². The lowest BCUT2D eigenvalue weighted by molar-refractivity contribution is 0.481. The van der Waals surface area contributed by atoms with E-state index in [-0.39, 0.29) is 5.92 Å². The highest BCUT2D eigenvalue weighted by atomic mass is 32.2. The maximum absolute atomic E-state index is 11.2. The number of sulfonamides is 1. The summed E-state index contributed by atoms with van der Waals surface area (Å²) < 4.78 is 22.5. The van der Waals surface area contributed by atoms with Crippen molar-refractivity contribution in [2.24, 2.45) is 16.8 Å². The molecule has 0 amide bonds. The molecule has 86 valence electrons. The monoisotopic (exact) mass is 222 g/mol. The Morgan fingerprint density at radius 2 is 1.93 bits per heavy atom. The summed E-state index contributed by atoms with van der Waals surface area (Å²) in [6, 6.07) is 0. The summed E-state index contributed by atoms with van der Waals surface area (Å²) in [6.07, 6.45) is 3.12. The summed E-state index contributed by atoms with van der Waals surface area (Å²) in [6.45, 7) is 4.49. The predicted octanol–water partition coefficient (Wildman–Crippen LogP) is 0.819. The van der Waals surface area contributed by atoms with Crippen molar-refractivity contribution in [3.05, 3.63) is 0 Å². The minimum Gasteiger partial charge on any atom is -0.330 e. The van der Waals surface area contributed by atoms with Crippen LogP contribution < -0.4 is 10.9 Å². The minimum absolute atomic E-state index is 0.218. The molecule has 2 unspecified atom stereocenters. The van der Waals surface area contributed by atoms with E-state index in [1.165, 1.54) is 0 Å². The van der Waals surface area contributed by atoms with Gasteiger partial charge in [-0.1, -0.05) is 26.7 Å². The Kier molecular flexibility index (Phi) is 6.31. The molecule has 4 nitrogen and oxygen atoms in total. The highest BCUT2D eigenvalue weighted by molar-refractivity contribution is 7.89. The summed E-state index contributed by atoms with van der Waals surface area (Å²) in [5.74, 6) is 0.218. The fraction of sp³-hybridized carbons (Fsp3) is 1.00. The number of rotatable bonds is 7. The highest BCUT2D eigenvalue weighted by Crippen LogP contribution is 2.16. The first-order valence-electron chi connectivity index (χ1n) is 5.13. The van der Waals surface area contributed by atoms with Crippen LogP contribution in [0, 0.1) is 5.92 Å². The van der Waals surface area contributed by atoms with Crippen molar-refractivity contribution in [1.82, 2.24) is 0 Å². The van der Waals surface area contributed by atoms with Gasteiger partial charge in [0.2, 0.25) is 10.0 Å². The van der Waals surface area contributed by atoms with Gasteiger partial charge in [-0.05, 0) is 25.3 Å². The van der Waals surface area contributed by atoms with Gasteiger partial charge < -0.3 is 5.73 Å². The molecule has 5 heteroatoms. The zero-order chi connectivity index (χ0) is 11.2. The van der Waals surface area contributed by atoms with Gasteiger partial charge in [0.05, 0.1) is 5.25 Å². The lowest BCUT2D eigenvalue weighted by Crippen LogP contribution is -2.31. The van der Waals surface area contributed by atoms with Gasteiger partial charge >= 0.3 is 0 Å². The summed E-state index contributed by atoms with van der Waals surface area (Å²) in [7, 11) is -3.40. The van der Waals surface area contributed by atoms with Crippen LogP contribution in [-0.4, -0.2) is 20.2 Å². The molecule has 0 radical (unpaired) electrons. The molecule has 0 aliphatic rings. The average Bonchev–Trinajstić information content (AvgIpc) is 2.09. The number of nitrogens with two attached hydrogens (primary N) is 2. The fourth-order valence-electron chi connectivity index (χ4n) is 1.39. The Labute approximate surface area is 87.1 Å². The molecule has 0 aliphatic carbocycles. The van der Waals surface area contributed by atoms with Crippen molar-refractivity contribution >= 4 is 10.0 Å². The molecule has 0 aromatic rings. The SMILES string of the molecule is CCCCC(CC(C)CN)S(N)(=O)=O. The Bertz CT molecular complexity index is 239. The molecule has 0 aromatic carbocycles. The van der Waals surface area contributed by atoms with E-state index in [9.17, 15) is 8.42 Å². The van der Waals surface area contributed by atoms with E-state index in [4.69, 9.17) is 10.9 Å². The third-order valence-corrected chi connectivity index (χ3v) is 3.77. The van der Waals surface area contributed by atoms with E-state index in [0.29, 0.717) is 19.4 Å². The topological polar surface area (TPSA) is 86.2 Å². The maximum atomic E-state index is 11.2. The van der Waals surface area contributed by atoms with Crippen LogP contribution in [0.2, 0.25) is 0 Å². The molecule has 0 rings (SSSR count). The molecule has 4 N–H and O–H groups in total. The average molecular weight is 222 g/mol. The van der Waals surface area contributed by atoms with Gasteiger partial charge in [-0.15, -0.1) is 0 Å². The Morgan fingerprint density at radius 1 is 1.36 bits per heavy atom. The van der Waals surface area contributed by atoms with Crippen LogP contribution in [0.25, 0.3) is 0 Å². The van der Waals surface area contributed by atoms with E-state index in [0.717, 1.165) is 12.8 Å². The van der Waals surface area contributed by atoms with Crippen molar-refractivity contribution in [1.29, 1.82) is 0 Å². The van der Waals surface area contributed by atoms with E-state index < -0.39 is 15.3 Å². The first-order valence-corrected chi connectivity index (χ1v) is 6.74. The quantitative estimate of drug-likeness (QED) is 0.668. The highest BCUT2D eigenvalue weighted by Gasteiger charge is 2.22. The van der Waals surface area contributed by atoms with Crippen molar-refractivity contribution in [2.75, 3.05) is 6.54 Å². The maximum Gasteiger partial charge on any atom is 0.211 e. The van der Waals surface area contributed by atoms with Crippen LogP contribution in [0.4, 0.5) is 0 Å². The summed E-state index contributed by atoms with van der Waals surface area (Å²) in [5, 5.41) is 4.74. The largest absolute Gasteiger partial charge is 0.330 e. The van der Waals surface area contributed by atoms with Crippen LogP contribution in [-0.2, 0) is 10.0 Å². The fourth-order valence-corrected chi connectivity index (χ4v) is 2.49. The predicted molar refractivity (Wildman–Crippen MR) is 59.3 cm³/mol. The van der Waals surface area contributed by atoms with Crippen molar-refractivity contribution in [3.63, 3.8) is 0 Å². The molecule has 0 aromatic heterocycles. The van der Waals surface area contributed by atoms with E-state index in [1.807, 2.05) is 13.8 Å². The molecule has 2 atom stereocenters. The lowest BCUT2D eigenvalue weighted by atomic mass is 10.0. The van der Waals surface area contributed by atoms with Gasteiger partial charge in [0.25, 0.3) is 0 Å². The lowest BCUT2D eigenvalue weighted by Gasteiger charge is -2.17. The second kappa shape index (κ2) is 6.37. The van der Waals surface area contributed by atoms with Gasteiger partial charge in [0, 0.05) is 0 Å². The summed E-state index contributed by atoms with van der Waals surface area (Å²) in [5.41, 5.74) is 5.46. The third-order valence-electron chi connectivity index (χ3n) is 2.41. The molecule has 0 saturated heterocycles. The van der Waals surface area contributed by atoms with Crippen molar-refractivity contribution < 1.29 is 8.42 Å². The van der Waals surface area contributed by atoms with Gasteiger partial charge in [-0.3, -0.25) is 0 Å². The molecule has 14 heavy (non-hydrogen) atoms.